The molecule has 0 heterocycles. The first-order valence-electron chi connectivity index (χ1n) is 8.96. The predicted octanol–water partition coefficient (Wildman–Crippen LogP) is 4.61. The summed E-state index contributed by atoms with van der Waals surface area (Å²) in [4.78, 5) is 12.3. The third kappa shape index (κ3) is 6.49. The van der Waals surface area contributed by atoms with Gasteiger partial charge in [0.2, 0.25) is 5.91 Å². The van der Waals surface area contributed by atoms with Crippen LogP contribution in [0.3, 0.4) is 0 Å². The van der Waals surface area contributed by atoms with Crippen LogP contribution in [0.15, 0.2) is 47.4 Å². The number of carbonyl (C=O) groups is 1. The summed E-state index contributed by atoms with van der Waals surface area (Å²) in [6.45, 7) is 3.91. The SMILES string of the molecule is CCCOc1ccc(C(F)(F)F)cc1NC(=O)CCS(=O)(=O)c1ccc(C)cc1. The molecule has 0 aliphatic rings. The highest BCUT2D eigenvalue weighted by atomic mass is 32.2. The standard InChI is InChI=1S/C20H22F3NO4S/c1-3-11-28-18-9-6-15(20(21,22)23)13-17(18)24-19(25)10-12-29(26,27)16-7-4-14(2)5-8-16/h4-9,13H,3,10-12H2,1-2H3,(H,24,25). The van der Waals surface area contributed by atoms with Crippen molar-refractivity contribution in [2.75, 3.05) is 17.7 Å². The Bertz CT molecular complexity index is 955. The highest BCUT2D eigenvalue weighted by Crippen LogP contribution is 2.35. The van der Waals surface area contributed by atoms with E-state index in [4.69, 9.17) is 4.74 Å². The number of hydrogen-bond acceptors (Lipinski definition) is 4. The van der Waals surface area contributed by atoms with Crippen molar-refractivity contribution < 1.29 is 31.1 Å². The number of halogens is 3. The van der Waals surface area contributed by atoms with Crippen molar-refractivity contribution in [3.05, 3.63) is 53.6 Å². The molecule has 0 saturated carbocycles. The van der Waals surface area contributed by atoms with Gasteiger partial charge in [0, 0.05) is 6.42 Å². The summed E-state index contributed by atoms with van der Waals surface area (Å²) in [7, 11) is -3.69. The topological polar surface area (TPSA) is 72.5 Å². The number of nitrogens with one attached hydrogen (secondary N) is 1. The van der Waals surface area contributed by atoms with E-state index in [1.807, 2.05) is 13.8 Å². The second-order valence-corrected chi connectivity index (χ2v) is 8.60. The number of benzene rings is 2. The summed E-state index contributed by atoms with van der Waals surface area (Å²) in [5.41, 5.74) is -0.194. The van der Waals surface area contributed by atoms with Crippen LogP contribution in [0.5, 0.6) is 5.75 Å². The number of carbonyl (C=O) groups excluding carboxylic acids is 1. The van der Waals surface area contributed by atoms with Crippen molar-refractivity contribution in [1.82, 2.24) is 0 Å². The van der Waals surface area contributed by atoms with Gasteiger partial charge in [0.15, 0.2) is 9.84 Å². The Hall–Kier alpha value is -2.55. The second kappa shape index (κ2) is 9.30. The molecule has 0 radical (unpaired) electrons. The van der Waals surface area contributed by atoms with Gasteiger partial charge >= 0.3 is 6.18 Å². The average molecular weight is 429 g/mol. The van der Waals surface area contributed by atoms with E-state index < -0.39 is 39.7 Å². The molecule has 0 atom stereocenters. The number of hydrogen-bond donors (Lipinski definition) is 1. The normalized spacial score (nSPS) is 11.9. The zero-order chi connectivity index (χ0) is 21.7. The molecular weight excluding hydrogens is 407 g/mol. The molecular formula is C20H22F3NO4S. The van der Waals surface area contributed by atoms with Crippen LogP contribution >= 0.6 is 0 Å². The molecule has 0 saturated heterocycles. The number of ether oxygens (including phenoxy) is 1. The summed E-state index contributed by atoms with van der Waals surface area (Å²) in [6, 6.07) is 8.97. The molecule has 0 fully saturated rings. The van der Waals surface area contributed by atoms with E-state index in [1.54, 1.807) is 12.1 Å². The van der Waals surface area contributed by atoms with E-state index in [2.05, 4.69) is 5.32 Å². The lowest BCUT2D eigenvalue weighted by atomic mass is 10.1. The van der Waals surface area contributed by atoms with Gasteiger partial charge in [-0.25, -0.2) is 8.42 Å². The van der Waals surface area contributed by atoms with Crippen molar-refractivity contribution in [3.8, 4) is 5.75 Å². The van der Waals surface area contributed by atoms with Crippen LogP contribution in [0.2, 0.25) is 0 Å². The first-order valence-corrected chi connectivity index (χ1v) is 10.6. The van der Waals surface area contributed by atoms with Crippen LogP contribution in [0, 0.1) is 6.92 Å². The second-order valence-electron chi connectivity index (χ2n) is 6.49. The van der Waals surface area contributed by atoms with E-state index in [1.165, 1.54) is 12.1 Å². The largest absolute Gasteiger partial charge is 0.491 e. The van der Waals surface area contributed by atoms with Gasteiger partial charge < -0.3 is 10.1 Å². The minimum atomic E-state index is -4.59. The maximum absolute atomic E-state index is 13.0. The number of aryl methyl sites for hydroxylation is 1. The number of alkyl halides is 3. The lowest BCUT2D eigenvalue weighted by Gasteiger charge is -2.15. The molecule has 9 heteroatoms. The van der Waals surface area contributed by atoms with E-state index in [0.29, 0.717) is 6.42 Å². The third-order valence-corrected chi connectivity index (χ3v) is 5.75. The van der Waals surface area contributed by atoms with Crippen molar-refractivity contribution in [2.24, 2.45) is 0 Å². The third-order valence-electron chi connectivity index (χ3n) is 4.02. The molecule has 29 heavy (non-hydrogen) atoms. The Morgan fingerprint density at radius 2 is 1.76 bits per heavy atom. The molecule has 0 spiro atoms. The first-order chi connectivity index (χ1) is 13.5. The lowest BCUT2D eigenvalue weighted by molar-refractivity contribution is -0.137. The summed E-state index contributed by atoms with van der Waals surface area (Å²) in [5.74, 6) is -1.10. The monoisotopic (exact) mass is 429 g/mol. The minimum absolute atomic E-state index is 0.0851. The summed E-state index contributed by atoms with van der Waals surface area (Å²) >= 11 is 0. The van der Waals surface area contributed by atoms with Gasteiger partial charge in [0.05, 0.1) is 28.5 Å². The van der Waals surface area contributed by atoms with Gasteiger partial charge in [-0.15, -0.1) is 0 Å². The zero-order valence-electron chi connectivity index (χ0n) is 16.0. The van der Waals surface area contributed by atoms with Crippen molar-refractivity contribution >= 4 is 21.4 Å². The zero-order valence-corrected chi connectivity index (χ0v) is 16.9. The fourth-order valence-electron chi connectivity index (χ4n) is 2.45. The lowest BCUT2D eigenvalue weighted by Crippen LogP contribution is -2.18. The maximum atomic E-state index is 13.0. The molecule has 0 aliphatic heterocycles. The molecule has 1 N–H and O–H groups in total. The van der Waals surface area contributed by atoms with Crippen LogP contribution < -0.4 is 10.1 Å². The smallest absolute Gasteiger partial charge is 0.416 e. The van der Waals surface area contributed by atoms with Crippen LogP contribution in [0.1, 0.15) is 30.9 Å². The fraction of sp³-hybridized carbons (Fsp3) is 0.350. The summed E-state index contributed by atoms with van der Waals surface area (Å²) in [5, 5.41) is 2.34. The Kier molecular flexibility index (Phi) is 7.29. The molecule has 0 bridgehead atoms. The summed E-state index contributed by atoms with van der Waals surface area (Å²) < 4.78 is 69.0. The van der Waals surface area contributed by atoms with E-state index in [-0.39, 0.29) is 22.9 Å². The van der Waals surface area contributed by atoms with Crippen molar-refractivity contribution in [3.63, 3.8) is 0 Å². The van der Waals surface area contributed by atoms with E-state index in [0.717, 1.165) is 23.8 Å². The highest BCUT2D eigenvalue weighted by molar-refractivity contribution is 7.91. The van der Waals surface area contributed by atoms with Gasteiger partial charge in [-0.05, 0) is 43.7 Å². The van der Waals surface area contributed by atoms with Gasteiger partial charge in [-0.2, -0.15) is 13.2 Å². The van der Waals surface area contributed by atoms with E-state index >= 15 is 0 Å². The number of amides is 1. The summed E-state index contributed by atoms with van der Waals surface area (Å²) in [6.07, 6.45) is -4.36. The molecule has 0 aliphatic carbocycles. The Morgan fingerprint density at radius 1 is 1.10 bits per heavy atom. The van der Waals surface area contributed by atoms with Crippen LogP contribution in [-0.2, 0) is 20.8 Å². The highest BCUT2D eigenvalue weighted by Gasteiger charge is 2.31. The predicted molar refractivity (Wildman–Crippen MR) is 104 cm³/mol. The molecule has 2 rings (SSSR count). The molecule has 2 aromatic carbocycles. The fourth-order valence-corrected chi connectivity index (χ4v) is 3.69. The quantitative estimate of drug-likeness (QED) is 0.665. The number of anilines is 1. The molecule has 0 unspecified atom stereocenters. The number of sulfone groups is 1. The molecule has 0 aromatic heterocycles. The molecule has 1 amide bonds. The van der Waals surface area contributed by atoms with Gasteiger partial charge in [0.25, 0.3) is 0 Å². The molecule has 158 valence electrons. The van der Waals surface area contributed by atoms with Gasteiger partial charge in [-0.3, -0.25) is 4.79 Å². The Balaban J connectivity index is 2.13. The van der Waals surface area contributed by atoms with Crippen LogP contribution in [0.25, 0.3) is 0 Å². The van der Waals surface area contributed by atoms with Crippen molar-refractivity contribution in [1.29, 1.82) is 0 Å². The van der Waals surface area contributed by atoms with Crippen LogP contribution in [-0.4, -0.2) is 26.7 Å². The van der Waals surface area contributed by atoms with E-state index in [9.17, 15) is 26.4 Å². The molecule has 2 aromatic rings. The van der Waals surface area contributed by atoms with Gasteiger partial charge in [0.1, 0.15) is 5.75 Å². The average Bonchev–Trinajstić information content (AvgIpc) is 2.65. The molecule has 5 nitrogen and oxygen atoms in total. The number of rotatable bonds is 8. The Labute approximate surface area is 167 Å². The Morgan fingerprint density at radius 3 is 2.34 bits per heavy atom. The first kappa shape index (κ1) is 22.7. The van der Waals surface area contributed by atoms with Gasteiger partial charge in [-0.1, -0.05) is 24.6 Å². The maximum Gasteiger partial charge on any atom is 0.416 e. The van der Waals surface area contributed by atoms with Crippen molar-refractivity contribution in [2.45, 2.75) is 37.8 Å². The van der Waals surface area contributed by atoms with Crippen LogP contribution in [0.4, 0.5) is 18.9 Å². The minimum Gasteiger partial charge on any atom is -0.491 e.